The fourth-order valence-electron chi connectivity index (χ4n) is 3.04. The highest BCUT2D eigenvalue weighted by Crippen LogP contribution is 2.41. The molecule has 0 aromatic rings. The third-order valence-corrected chi connectivity index (χ3v) is 5.75. The second kappa shape index (κ2) is 9.04. The quantitative estimate of drug-likeness (QED) is 0.724. The number of nitrogens with one attached hydrogen (secondary N) is 1. The minimum Gasteiger partial charge on any atom is -0.465 e. The summed E-state index contributed by atoms with van der Waals surface area (Å²) >= 11 is 1.79. The topological polar surface area (TPSA) is 38.3 Å². The zero-order chi connectivity index (χ0) is 15.9. The van der Waals surface area contributed by atoms with E-state index in [4.69, 9.17) is 4.74 Å². The summed E-state index contributed by atoms with van der Waals surface area (Å²) in [4.78, 5) is 11.6. The summed E-state index contributed by atoms with van der Waals surface area (Å²) in [6.45, 7) is 12.6. The minimum absolute atomic E-state index is 0.0744. The molecule has 3 atom stereocenters. The number of carbonyl (C=O) groups is 1. The van der Waals surface area contributed by atoms with Gasteiger partial charge < -0.3 is 10.1 Å². The van der Waals surface area contributed by atoms with E-state index in [1.807, 2.05) is 6.92 Å². The number of hydrogen-bond acceptors (Lipinski definition) is 4. The summed E-state index contributed by atoms with van der Waals surface area (Å²) in [5.74, 6) is 1.16. The van der Waals surface area contributed by atoms with Crippen LogP contribution in [0.1, 0.15) is 60.3 Å². The van der Waals surface area contributed by atoms with Crippen LogP contribution in [-0.4, -0.2) is 36.2 Å². The highest BCUT2D eigenvalue weighted by atomic mass is 32.2. The van der Waals surface area contributed by atoms with E-state index in [1.54, 1.807) is 11.8 Å². The summed E-state index contributed by atoms with van der Waals surface area (Å²) in [5.41, 5.74) is 0.360. The monoisotopic (exact) mass is 315 g/mol. The normalized spacial score (nSPS) is 26.6. The molecule has 1 N–H and O–H groups in total. The molecule has 1 saturated carbocycles. The minimum atomic E-state index is -0.0744. The van der Waals surface area contributed by atoms with Crippen molar-refractivity contribution in [2.45, 2.75) is 71.6 Å². The average molecular weight is 316 g/mol. The van der Waals surface area contributed by atoms with Gasteiger partial charge in [-0.25, -0.2) is 0 Å². The van der Waals surface area contributed by atoms with Crippen LogP contribution in [0.25, 0.3) is 0 Å². The Morgan fingerprint density at radius 1 is 1.29 bits per heavy atom. The molecule has 124 valence electrons. The van der Waals surface area contributed by atoms with Gasteiger partial charge in [-0.1, -0.05) is 27.7 Å². The highest BCUT2D eigenvalue weighted by molar-refractivity contribution is 8.00. The second-order valence-corrected chi connectivity index (χ2v) is 8.32. The number of esters is 1. The van der Waals surface area contributed by atoms with E-state index in [1.165, 1.54) is 19.3 Å². The van der Waals surface area contributed by atoms with E-state index in [9.17, 15) is 4.79 Å². The summed E-state index contributed by atoms with van der Waals surface area (Å²) in [7, 11) is 0. The molecule has 21 heavy (non-hydrogen) atoms. The molecule has 0 aromatic carbocycles. The van der Waals surface area contributed by atoms with Crippen molar-refractivity contribution in [3.63, 3.8) is 0 Å². The van der Waals surface area contributed by atoms with Gasteiger partial charge in [0.2, 0.25) is 0 Å². The molecule has 3 unspecified atom stereocenters. The van der Waals surface area contributed by atoms with Gasteiger partial charge in [-0.15, -0.1) is 11.8 Å². The molecule has 0 spiro atoms. The van der Waals surface area contributed by atoms with Crippen molar-refractivity contribution in [1.29, 1.82) is 0 Å². The molecule has 0 bridgehead atoms. The van der Waals surface area contributed by atoms with Crippen molar-refractivity contribution in [3.8, 4) is 0 Å². The Morgan fingerprint density at radius 3 is 2.57 bits per heavy atom. The fourth-order valence-corrected chi connectivity index (χ4v) is 4.31. The lowest BCUT2D eigenvalue weighted by Crippen LogP contribution is -2.45. The Kier molecular flexibility index (Phi) is 8.10. The van der Waals surface area contributed by atoms with Crippen molar-refractivity contribution in [1.82, 2.24) is 5.32 Å². The van der Waals surface area contributed by atoms with Crippen LogP contribution >= 0.6 is 11.8 Å². The molecule has 0 amide bonds. The third kappa shape index (κ3) is 6.60. The molecule has 1 aliphatic carbocycles. The largest absolute Gasteiger partial charge is 0.465 e. The molecule has 1 rings (SSSR count). The van der Waals surface area contributed by atoms with Crippen LogP contribution in [0.3, 0.4) is 0 Å². The van der Waals surface area contributed by atoms with Crippen molar-refractivity contribution in [2.75, 3.05) is 18.9 Å². The molecule has 1 fully saturated rings. The summed E-state index contributed by atoms with van der Waals surface area (Å²) in [6.07, 6.45) is 4.88. The average Bonchev–Trinajstić information content (AvgIpc) is 2.42. The Bertz CT molecular complexity index is 314. The standard InChI is InChI=1S/C17H33NO2S/c1-6-10-18-14-9-8-13(17(3,4)5)11-15(14)21-12-16(19)20-7-2/h13-15,18H,6-12H2,1-5H3. The van der Waals surface area contributed by atoms with Crippen molar-refractivity contribution in [3.05, 3.63) is 0 Å². The van der Waals surface area contributed by atoms with Crippen LogP contribution in [-0.2, 0) is 9.53 Å². The van der Waals surface area contributed by atoms with Gasteiger partial charge in [-0.2, -0.15) is 0 Å². The highest BCUT2D eigenvalue weighted by Gasteiger charge is 2.36. The summed E-state index contributed by atoms with van der Waals surface area (Å²) < 4.78 is 5.06. The van der Waals surface area contributed by atoms with Crippen LogP contribution in [0.15, 0.2) is 0 Å². The van der Waals surface area contributed by atoms with Crippen LogP contribution in [0.4, 0.5) is 0 Å². The lowest BCUT2D eigenvalue weighted by molar-refractivity contribution is -0.139. The predicted octanol–water partition coefficient (Wildman–Crippen LogP) is 3.87. The Balaban J connectivity index is 2.58. The summed E-state index contributed by atoms with van der Waals surface area (Å²) in [6, 6.07) is 0.544. The first-order valence-electron chi connectivity index (χ1n) is 8.39. The second-order valence-electron chi connectivity index (χ2n) is 7.09. The van der Waals surface area contributed by atoms with Gasteiger partial charge in [0.25, 0.3) is 0 Å². The molecule has 3 nitrogen and oxygen atoms in total. The number of rotatable bonds is 7. The Morgan fingerprint density at radius 2 is 2.00 bits per heavy atom. The molecule has 0 heterocycles. The zero-order valence-corrected chi connectivity index (χ0v) is 15.2. The van der Waals surface area contributed by atoms with Crippen LogP contribution in [0.2, 0.25) is 0 Å². The molecule has 0 saturated heterocycles. The van der Waals surface area contributed by atoms with Gasteiger partial charge in [0.05, 0.1) is 12.4 Å². The van der Waals surface area contributed by atoms with E-state index in [0.717, 1.165) is 18.9 Å². The van der Waals surface area contributed by atoms with Gasteiger partial charge in [0.1, 0.15) is 0 Å². The van der Waals surface area contributed by atoms with Crippen LogP contribution in [0.5, 0.6) is 0 Å². The molecule has 4 heteroatoms. The SMILES string of the molecule is CCCNC1CCC(C(C)(C)C)CC1SCC(=O)OCC. The molecule has 0 aromatic heterocycles. The van der Waals surface area contributed by atoms with E-state index in [0.29, 0.717) is 29.1 Å². The molecule has 0 radical (unpaired) electrons. The van der Waals surface area contributed by atoms with Gasteiger partial charge in [0, 0.05) is 11.3 Å². The maximum absolute atomic E-state index is 11.6. The molecule has 0 aliphatic heterocycles. The molecular weight excluding hydrogens is 282 g/mol. The first-order valence-corrected chi connectivity index (χ1v) is 9.44. The van der Waals surface area contributed by atoms with Crippen molar-refractivity contribution in [2.24, 2.45) is 11.3 Å². The lowest BCUT2D eigenvalue weighted by atomic mass is 9.71. The zero-order valence-electron chi connectivity index (χ0n) is 14.4. The fraction of sp³-hybridized carbons (Fsp3) is 0.941. The first-order chi connectivity index (χ1) is 9.88. The molecular formula is C17H33NO2S. The Labute approximate surface area is 135 Å². The van der Waals surface area contributed by atoms with E-state index < -0.39 is 0 Å². The molecule has 1 aliphatic rings. The van der Waals surface area contributed by atoms with E-state index in [-0.39, 0.29) is 5.97 Å². The van der Waals surface area contributed by atoms with Crippen LogP contribution in [0, 0.1) is 11.3 Å². The van der Waals surface area contributed by atoms with E-state index >= 15 is 0 Å². The van der Waals surface area contributed by atoms with E-state index in [2.05, 4.69) is 33.0 Å². The van der Waals surface area contributed by atoms with Crippen molar-refractivity contribution < 1.29 is 9.53 Å². The van der Waals surface area contributed by atoms with Crippen molar-refractivity contribution >= 4 is 17.7 Å². The van der Waals surface area contributed by atoms with Gasteiger partial charge in [0.15, 0.2) is 0 Å². The number of ether oxygens (including phenoxy) is 1. The summed E-state index contributed by atoms with van der Waals surface area (Å²) in [5, 5.41) is 4.20. The number of thioether (sulfide) groups is 1. The lowest BCUT2D eigenvalue weighted by Gasteiger charge is -2.42. The Hall–Kier alpha value is -0.220. The predicted molar refractivity (Wildman–Crippen MR) is 91.8 cm³/mol. The number of hydrogen-bond donors (Lipinski definition) is 1. The smallest absolute Gasteiger partial charge is 0.315 e. The maximum atomic E-state index is 11.6. The number of carbonyl (C=O) groups excluding carboxylic acids is 1. The third-order valence-electron chi connectivity index (χ3n) is 4.39. The van der Waals surface area contributed by atoms with Gasteiger partial charge in [-0.3, -0.25) is 4.79 Å². The van der Waals surface area contributed by atoms with Gasteiger partial charge >= 0.3 is 5.97 Å². The maximum Gasteiger partial charge on any atom is 0.315 e. The van der Waals surface area contributed by atoms with Gasteiger partial charge in [-0.05, 0) is 50.5 Å². The van der Waals surface area contributed by atoms with Crippen LogP contribution < -0.4 is 5.32 Å². The first kappa shape index (κ1) is 18.8.